The third kappa shape index (κ3) is 3.49. The number of amides is 1. The van der Waals surface area contributed by atoms with Crippen molar-refractivity contribution in [1.29, 1.82) is 0 Å². The van der Waals surface area contributed by atoms with Crippen LogP contribution >= 0.6 is 15.9 Å². The average Bonchev–Trinajstić information content (AvgIpc) is 3.21. The van der Waals surface area contributed by atoms with Crippen molar-refractivity contribution in [3.05, 3.63) is 68.7 Å². The average molecular weight is 505 g/mol. The topological polar surface area (TPSA) is 116 Å². The number of aryl methyl sites for hydroxylation is 3. The van der Waals surface area contributed by atoms with Crippen molar-refractivity contribution in [3.8, 4) is 11.3 Å². The second-order valence-electron chi connectivity index (χ2n) is 6.93. The molecule has 0 aliphatic carbocycles. The number of fused-ring (bicyclic) bond motifs is 1. The molecule has 0 spiro atoms. The molecule has 1 amide bonds. The fourth-order valence-corrected chi connectivity index (χ4v) is 5.38. The lowest BCUT2D eigenvalue weighted by atomic mass is 10.1. The highest BCUT2D eigenvalue weighted by atomic mass is 79.9. The van der Waals surface area contributed by atoms with Crippen molar-refractivity contribution in [1.82, 2.24) is 19.0 Å². The van der Waals surface area contributed by atoms with Crippen LogP contribution < -0.4 is 10.4 Å². The highest BCUT2D eigenvalue weighted by Gasteiger charge is 2.28. The molecule has 160 valence electrons. The van der Waals surface area contributed by atoms with Crippen LogP contribution in [0.15, 0.2) is 61.2 Å². The van der Waals surface area contributed by atoms with Crippen molar-refractivity contribution in [2.24, 2.45) is 14.1 Å². The van der Waals surface area contributed by atoms with Gasteiger partial charge in [-0.1, -0.05) is 35.5 Å². The van der Waals surface area contributed by atoms with E-state index in [0.29, 0.717) is 16.6 Å². The number of benzene rings is 2. The van der Waals surface area contributed by atoms with E-state index < -0.39 is 15.9 Å². The van der Waals surface area contributed by atoms with Gasteiger partial charge in [0.05, 0.1) is 11.0 Å². The Labute approximate surface area is 185 Å². The molecule has 2 aromatic carbocycles. The second kappa shape index (κ2) is 7.50. The van der Waals surface area contributed by atoms with Crippen LogP contribution in [0.2, 0.25) is 0 Å². The van der Waals surface area contributed by atoms with E-state index in [1.807, 2.05) is 6.07 Å². The van der Waals surface area contributed by atoms with Crippen LogP contribution in [-0.2, 0) is 24.1 Å². The Morgan fingerprint density at radius 3 is 2.35 bits per heavy atom. The van der Waals surface area contributed by atoms with E-state index in [-0.39, 0.29) is 32.1 Å². The zero-order valence-electron chi connectivity index (χ0n) is 16.7. The van der Waals surface area contributed by atoms with Gasteiger partial charge in [-0.2, -0.15) is 0 Å². The molecular weight excluding hydrogens is 488 g/mol. The van der Waals surface area contributed by atoms with Gasteiger partial charge in [-0.25, -0.2) is 17.9 Å². The molecule has 4 rings (SSSR count). The molecule has 0 aliphatic heterocycles. The highest BCUT2D eigenvalue weighted by molar-refractivity contribution is 9.10. The van der Waals surface area contributed by atoms with E-state index in [1.165, 1.54) is 28.2 Å². The molecular formula is C20H17BrN4O5S. The van der Waals surface area contributed by atoms with Crippen LogP contribution in [0.3, 0.4) is 0 Å². The largest absolute Gasteiger partial charge is 0.360 e. The maximum Gasteiger partial charge on any atom is 0.328 e. The van der Waals surface area contributed by atoms with Crippen LogP contribution in [0.5, 0.6) is 0 Å². The van der Waals surface area contributed by atoms with Crippen molar-refractivity contribution >= 4 is 42.9 Å². The van der Waals surface area contributed by atoms with Crippen molar-refractivity contribution in [2.45, 2.75) is 11.8 Å². The number of aromatic nitrogens is 3. The third-order valence-corrected chi connectivity index (χ3v) is 7.27. The molecule has 0 unspecified atom stereocenters. The summed E-state index contributed by atoms with van der Waals surface area (Å²) in [6.07, 6.45) is 0. The quantitative estimate of drug-likeness (QED) is 0.456. The summed E-state index contributed by atoms with van der Waals surface area (Å²) in [5, 5.41) is 3.91. The molecule has 0 saturated carbocycles. The van der Waals surface area contributed by atoms with Crippen molar-refractivity contribution in [2.75, 3.05) is 0 Å². The summed E-state index contributed by atoms with van der Waals surface area (Å²) >= 11 is 3.24. The fraction of sp³-hybridized carbons (Fsp3) is 0.150. The Morgan fingerprint density at radius 2 is 1.71 bits per heavy atom. The number of carbonyl (C=O) groups is 1. The molecule has 0 aliphatic rings. The predicted molar refractivity (Wildman–Crippen MR) is 117 cm³/mol. The van der Waals surface area contributed by atoms with E-state index in [1.54, 1.807) is 38.4 Å². The molecule has 1 N–H and O–H groups in total. The first-order valence-electron chi connectivity index (χ1n) is 9.05. The van der Waals surface area contributed by atoms with Gasteiger partial charge in [0.25, 0.3) is 15.9 Å². The Kier molecular flexibility index (Phi) is 5.10. The first-order valence-corrected chi connectivity index (χ1v) is 11.3. The molecule has 0 saturated heterocycles. The number of carbonyl (C=O) groups excluding carboxylic acids is 1. The van der Waals surface area contributed by atoms with Gasteiger partial charge in [0.2, 0.25) is 0 Å². The zero-order chi connectivity index (χ0) is 22.5. The summed E-state index contributed by atoms with van der Waals surface area (Å²) < 4.78 is 36.3. The summed E-state index contributed by atoms with van der Waals surface area (Å²) in [5.41, 5.74) is 1.54. The SMILES string of the molecule is Cc1onc(-c2ccccc2)c1C(=O)NS(=O)(=O)c1cc2c(cc1Br)n(C)c(=O)n2C. The zero-order valence-corrected chi connectivity index (χ0v) is 19.1. The van der Waals surface area contributed by atoms with E-state index in [2.05, 4.69) is 25.8 Å². The van der Waals surface area contributed by atoms with Crippen LogP contribution in [0, 0.1) is 6.92 Å². The van der Waals surface area contributed by atoms with Gasteiger partial charge in [-0.3, -0.25) is 13.9 Å². The number of sulfonamides is 1. The highest BCUT2D eigenvalue weighted by Crippen LogP contribution is 2.29. The predicted octanol–water partition coefficient (Wildman–Crippen LogP) is 2.72. The number of nitrogens with one attached hydrogen (secondary N) is 1. The minimum Gasteiger partial charge on any atom is -0.360 e. The lowest BCUT2D eigenvalue weighted by Gasteiger charge is -2.10. The monoisotopic (exact) mass is 504 g/mol. The number of rotatable bonds is 4. The van der Waals surface area contributed by atoms with Gasteiger partial charge in [0, 0.05) is 24.1 Å². The molecule has 9 nitrogen and oxygen atoms in total. The maximum atomic E-state index is 13.1. The van der Waals surface area contributed by atoms with Gasteiger partial charge in [-0.15, -0.1) is 0 Å². The van der Waals surface area contributed by atoms with E-state index in [0.717, 1.165) is 0 Å². The van der Waals surface area contributed by atoms with E-state index >= 15 is 0 Å². The summed E-state index contributed by atoms with van der Waals surface area (Å²) in [6, 6.07) is 11.7. The first kappa shape index (κ1) is 21.1. The molecule has 2 heterocycles. The molecule has 0 bridgehead atoms. The fourth-order valence-electron chi connectivity index (χ4n) is 3.37. The Balaban J connectivity index is 1.77. The number of halogens is 1. The van der Waals surface area contributed by atoms with Crippen LogP contribution in [0.4, 0.5) is 0 Å². The molecule has 0 fully saturated rings. The smallest absolute Gasteiger partial charge is 0.328 e. The lowest BCUT2D eigenvalue weighted by Crippen LogP contribution is -2.31. The summed E-state index contributed by atoms with van der Waals surface area (Å²) in [4.78, 5) is 24.9. The Hall–Kier alpha value is -3.18. The molecule has 11 heteroatoms. The van der Waals surface area contributed by atoms with Crippen LogP contribution in [0.1, 0.15) is 16.1 Å². The van der Waals surface area contributed by atoms with Crippen molar-refractivity contribution in [3.63, 3.8) is 0 Å². The first-order chi connectivity index (χ1) is 14.6. The van der Waals surface area contributed by atoms with Crippen molar-refractivity contribution < 1.29 is 17.7 Å². The molecule has 0 radical (unpaired) electrons. The molecule has 4 aromatic rings. The van der Waals surface area contributed by atoms with Crippen LogP contribution in [0.25, 0.3) is 22.3 Å². The second-order valence-corrected chi connectivity index (χ2v) is 9.44. The number of imidazole rings is 1. The molecule has 0 atom stereocenters. The standard InChI is InChI=1S/C20H17BrN4O5S/c1-11-17(18(22-30-11)12-7-5-4-6-8-12)19(26)23-31(28,29)16-10-15-14(9-13(16)21)24(2)20(27)25(15)3/h4-10H,1-3H3,(H,23,26). The maximum absolute atomic E-state index is 13.1. The van der Waals surface area contributed by atoms with Gasteiger partial charge in [0.15, 0.2) is 0 Å². The van der Waals surface area contributed by atoms with Crippen LogP contribution in [-0.4, -0.2) is 28.6 Å². The summed E-state index contributed by atoms with van der Waals surface area (Å²) in [6.45, 7) is 1.53. The number of nitrogens with zero attached hydrogens (tertiary/aromatic N) is 3. The number of hydrogen-bond acceptors (Lipinski definition) is 6. The minimum absolute atomic E-state index is 0.0269. The summed E-state index contributed by atoms with van der Waals surface area (Å²) in [5.74, 6) is -0.682. The van der Waals surface area contributed by atoms with Gasteiger partial charge < -0.3 is 4.52 Å². The Bertz CT molecular complexity index is 1500. The molecule has 2 aromatic heterocycles. The van der Waals surface area contributed by atoms with Gasteiger partial charge in [0.1, 0.15) is 21.9 Å². The van der Waals surface area contributed by atoms with E-state index in [9.17, 15) is 18.0 Å². The summed E-state index contributed by atoms with van der Waals surface area (Å²) in [7, 11) is -1.15. The lowest BCUT2D eigenvalue weighted by molar-refractivity contribution is 0.0980. The Morgan fingerprint density at radius 1 is 1.10 bits per heavy atom. The molecule has 31 heavy (non-hydrogen) atoms. The van der Waals surface area contributed by atoms with E-state index in [4.69, 9.17) is 4.52 Å². The van der Waals surface area contributed by atoms with Gasteiger partial charge >= 0.3 is 5.69 Å². The van der Waals surface area contributed by atoms with Gasteiger partial charge in [-0.05, 0) is 35.0 Å². The third-order valence-electron chi connectivity index (χ3n) is 4.98. The minimum atomic E-state index is -4.28. The normalized spacial score (nSPS) is 11.7. The number of hydrogen-bond donors (Lipinski definition) is 1.